The number of alkyl carbamates (subject to hydrolysis) is 1. The quantitative estimate of drug-likeness (QED) is 0.697. The molecule has 158 valence electrons. The predicted octanol–water partition coefficient (Wildman–Crippen LogP) is 3.09. The van der Waals surface area contributed by atoms with Crippen LogP contribution < -0.4 is 5.32 Å². The van der Waals surface area contributed by atoms with Gasteiger partial charge in [0.15, 0.2) is 0 Å². The number of aliphatic carboxylic acids is 1. The summed E-state index contributed by atoms with van der Waals surface area (Å²) in [5.41, 5.74) is 4.56. The van der Waals surface area contributed by atoms with Crippen molar-refractivity contribution in [3.63, 3.8) is 0 Å². The largest absolute Gasteiger partial charge is 0.480 e. The van der Waals surface area contributed by atoms with E-state index in [4.69, 9.17) is 9.84 Å². The molecule has 2 amide bonds. The highest BCUT2D eigenvalue weighted by Crippen LogP contribution is 2.44. The Morgan fingerprint density at radius 1 is 1.07 bits per heavy atom. The van der Waals surface area contributed by atoms with Crippen molar-refractivity contribution in [3.05, 3.63) is 59.7 Å². The lowest BCUT2D eigenvalue weighted by Crippen LogP contribution is -2.41. The fourth-order valence-electron chi connectivity index (χ4n) is 3.85. The minimum Gasteiger partial charge on any atom is -0.480 e. The zero-order chi connectivity index (χ0) is 21.7. The van der Waals surface area contributed by atoms with Gasteiger partial charge in [0.2, 0.25) is 5.91 Å². The molecule has 0 aliphatic heterocycles. The Kier molecular flexibility index (Phi) is 6.72. The molecule has 0 aromatic heterocycles. The SMILES string of the molecule is CCC(CNC(=O)OCC1c2ccccc2-c2ccccc21)C(=O)N(C)CC(=O)O. The maximum absolute atomic E-state index is 12.3. The van der Waals surface area contributed by atoms with Gasteiger partial charge in [-0.25, -0.2) is 4.79 Å². The van der Waals surface area contributed by atoms with E-state index in [2.05, 4.69) is 17.4 Å². The first-order valence-electron chi connectivity index (χ1n) is 9.98. The number of hydrogen-bond acceptors (Lipinski definition) is 4. The second kappa shape index (κ2) is 9.43. The summed E-state index contributed by atoms with van der Waals surface area (Å²) in [5, 5.41) is 11.5. The van der Waals surface area contributed by atoms with Crippen molar-refractivity contribution in [1.29, 1.82) is 0 Å². The number of nitrogens with zero attached hydrogens (tertiary/aromatic N) is 1. The Balaban J connectivity index is 1.57. The smallest absolute Gasteiger partial charge is 0.407 e. The van der Waals surface area contributed by atoms with Crippen molar-refractivity contribution in [1.82, 2.24) is 10.2 Å². The molecule has 1 aliphatic carbocycles. The van der Waals surface area contributed by atoms with Crippen LogP contribution in [0.2, 0.25) is 0 Å². The molecule has 0 fully saturated rings. The van der Waals surface area contributed by atoms with Crippen LogP contribution in [0.1, 0.15) is 30.4 Å². The van der Waals surface area contributed by atoms with Crippen LogP contribution in [-0.4, -0.2) is 54.7 Å². The average molecular weight is 410 g/mol. The maximum atomic E-state index is 12.3. The van der Waals surface area contributed by atoms with E-state index in [9.17, 15) is 14.4 Å². The van der Waals surface area contributed by atoms with Crippen molar-refractivity contribution < 1.29 is 24.2 Å². The lowest BCUT2D eigenvalue weighted by molar-refractivity contribution is -0.145. The molecule has 2 aromatic rings. The van der Waals surface area contributed by atoms with Gasteiger partial charge in [0.1, 0.15) is 13.2 Å². The van der Waals surface area contributed by atoms with E-state index in [1.54, 1.807) is 0 Å². The molecule has 0 radical (unpaired) electrons. The lowest BCUT2D eigenvalue weighted by Gasteiger charge is -2.22. The van der Waals surface area contributed by atoms with Gasteiger partial charge >= 0.3 is 12.1 Å². The summed E-state index contributed by atoms with van der Waals surface area (Å²) in [5.74, 6) is -1.94. The van der Waals surface area contributed by atoms with E-state index in [0.29, 0.717) is 6.42 Å². The first-order chi connectivity index (χ1) is 14.4. The lowest BCUT2D eigenvalue weighted by atomic mass is 9.98. The summed E-state index contributed by atoms with van der Waals surface area (Å²) in [6.07, 6.45) is -0.115. The molecule has 30 heavy (non-hydrogen) atoms. The topological polar surface area (TPSA) is 95.9 Å². The molecule has 1 unspecified atom stereocenters. The summed E-state index contributed by atoms with van der Waals surface area (Å²) in [4.78, 5) is 36.5. The second-order valence-corrected chi connectivity index (χ2v) is 7.40. The highest BCUT2D eigenvalue weighted by Gasteiger charge is 2.29. The van der Waals surface area contributed by atoms with E-state index >= 15 is 0 Å². The van der Waals surface area contributed by atoms with Gasteiger partial charge < -0.3 is 20.1 Å². The molecule has 3 rings (SSSR count). The molecule has 0 heterocycles. The molecule has 2 aromatic carbocycles. The Bertz CT molecular complexity index is 897. The van der Waals surface area contributed by atoms with Crippen LogP contribution in [-0.2, 0) is 14.3 Å². The maximum Gasteiger partial charge on any atom is 0.407 e. The number of carbonyl (C=O) groups excluding carboxylic acids is 2. The minimum absolute atomic E-state index is 0.0338. The van der Waals surface area contributed by atoms with Gasteiger partial charge in [0, 0.05) is 19.5 Å². The minimum atomic E-state index is -1.08. The first kappa shape index (κ1) is 21.4. The van der Waals surface area contributed by atoms with E-state index in [-0.39, 0.29) is 31.5 Å². The first-order valence-corrected chi connectivity index (χ1v) is 9.98. The van der Waals surface area contributed by atoms with Gasteiger partial charge in [-0.3, -0.25) is 9.59 Å². The van der Waals surface area contributed by atoms with Gasteiger partial charge in [0.05, 0.1) is 5.92 Å². The number of likely N-dealkylation sites (N-methyl/N-ethyl adjacent to an activating group) is 1. The molecule has 7 heteroatoms. The van der Waals surface area contributed by atoms with Crippen molar-refractivity contribution in [3.8, 4) is 11.1 Å². The fourth-order valence-corrected chi connectivity index (χ4v) is 3.85. The van der Waals surface area contributed by atoms with Crippen LogP contribution in [0.15, 0.2) is 48.5 Å². The average Bonchev–Trinajstić information content (AvgIpc) is 3.06. The number of rotatable bonds is 8. The summed E-state index contributed by atoms with van der Waals surface area (Å²) in [6, 6.07) is 16.2. The number of hydrogen-bond donors (Lipinski definition) is 2. The Morgan fingerprint density at radius 3 is 2.17 bits per heavy atom. The summed E-state index contributed by atoms with van der Waals surface area (Å²) in [7, 11) is 1.44. The van der Waals surface area contributed by atoms with E-state index in [1.165, 1.54) is 7.05 Å². The summed E-state index contributed by atoms with van der Waals surface area (Å²) in [6.45, 7) is 1.73. The standard InChI is InChI=1S/C23H26N2O5/c1-3-15(22(28)25(2)13-21(26)27)12-24-23(29)30-14-20-18-10-6-4-8-16(18)17-9-5-7-11-19(17)20/h4-11,15,20H,3,12-14H2,1-2H3,(H,24,29)(H,26,27). The van der Waals surface area contributed by atoms with Crippen molar-refractivity contribution >= 4 is 18.0 Å². The molecular weight excluding hydrogens is 384 g/mol. The van der Waals surface area contributed by atoms with Crippen molar-refractivity contribution in [2.24, 2.45) is 5.92 Å². The van der Waals surface area contributed by atoms with Crippen molar-refractivity contribution in [2.45, 2.75) is 19.3 Å². The second-order valence-electron chi connectivity index (χ2n) is 7.40. The number of carboxylic acid groups (broad SMARTS) is 1. The third-order valence-electron chi connectivity index (χ3n) is 5.43. The molecule has 0 saturated heterocycles. The van der Waals surface area contributed by atoms with Gasteiger partial charge in [0.25, 0.3) is 0 Å². The van der Waals surface area contributed by atoms with Crippen molar-refractivity contribution in [2.75, 3.05) is 26.7 Å². The van der Waals surface area contributed by atoms with Crippen LogP contribution in [0.3, 0.4) is 0 Å². The zero-order valence-electron chi connectivity index (χ0n) is 17.1. The van der Waals surface area contributed by atoms with Gasteiger partial charge in [-0.15, -0.1) is 0 Å². The van der Waals surface area contributed by atoms with Crippen LogP contribution in [0.25, 0.3) is 11.1 Å². The zero-order valence-corrected chi connectivity index (χ0v) is 17.1. The van der Waals surface area contributed by atoms with E-state index < -0.39 is 18.0 Å². The third-order valence-corrected chi connectivity index (χ3v) is 5.43. The Labute approximate surface area is 175 Å². The highest BCUT2D eigenvalue weighted by atomic mass is 16.5. The fraction of sp³-hybridized carbons (Fsp3) is 0.348. The molecule has 0 spiro atoms. The van der Waals surface area contributed by atoms with E-state index in [1.807, 2.05) is 43.3 Å². The molecule has 1 aliphatic rings. The van der Waals surface area contributed by atoms with Crippen LogP contribution in [0, 0.1) is 5.92 Å². The van der Waals surface area contributed by atoms with Crippen LogP contribution >= 0.6 is 0 Å². The predicted molar refractivity (Wildman–Crippen MR) is 112 cm³/mol. The number of ether oxygens (including phenoxy) is 1. The van der Waals surface area contributed by atoms with Gasteiger partial charge in [-0.1, -0.05) is 55.5 Å². The molecular formula is C23H26N2O5. The molecule has 7 nitrogen and oxygen atoms in total. The molecule has 2 N–H and O–H groups in total. The summed E-state index contributed by atoms with van der Waals surface area (Å²) >= 11 is 0. The number of carboxylic acids is 1. The number of amides is 2. The normalized spacial score (nSPS) is 13.1. The number of benzene rings is 2. The van der Waals surface area contributed by atoms with Crippen LogP contribution in [0.5, 0.6) is 0 Å². The van der Waals surface area contributed by atoms with Crippen LogP contribution in [0.4, 0.5) is 4.79 Å². The number of nitrogens with one attached hydrogen (secondary N) is 1. The van der Waals surface area contributed by atoms with Gasteiger partial charge in [-0.2, -0.15) is 0 Å². The molecule has 0 saturated carbocycles. The van der Waals surface area contributed by atoms with Gasteiger partial charge in [-0.05, 0) is 28.7 Å². The van der Waals surface area contributed by atoms with E-state index in [0.717, 1.165) is 27.2 Å². The number of fused-ring (bicyclic) bond motifs is 3. The third kappa shape index (κ3) is 4.62. The molecule has 0 bridgehead atoms. The summed E-state index contributed by atoms with van der Waals surface area (Å²) < 4.78 is 5.47. The monoisotopic (exact) mass is 410 g/mol. The Morgan fingerprint density at radius 2 is 1.63 bits per heavy atom. The number of carbonyl (C=O) groups is 3. The molecule has 1 atom stereocenters. The highest BCUT2D eigenvalue weighted by molar-refractivity contribution is 5.83. The Hall–Kier alpha value is -3.35.